The number of rotatable bonds is 4. The van der Waals surface area contributed by atoms with Crippen LogP contribution in [-0.2, 0) is 6.54 Å². The number of halogens is 2. The Morgan fingerprint density at radius 3 is 2.60 bits per heavy atom. The molecule has 0 aromatic heterocycles. The van der Waals surface area contributed by atoms with Crippen molar-refractivity contribution in [1.82, 2.24) is 5.32 Å². The first-order chi connectivity index (χ1) is 9.60. The lowest BCUT2D eigenvalue weighted by atomic mass is 10.1. The second-order valence-corrected chi connectivity index (χ2v) is 4.57. The molecule has 1 atom stereocenters. The zero-order valence-corrected chi connectivity index (χ0v) is 11.0. The molecule has 0 aliphatic rings. The third-order valence-electron chi connectivity index (χ3n) is 3.14. The smallest absolute Gasteiger partial charge is 0.123 e. The summed E-state index contributed by atoms with van der Waals surface area (Å²) >= 11 is 0. The average molecular weight is 272 g/mol. The molecule has 0 aliphatic carbocycles. The molecule has 4 heteroatoms. The van der Waals surface area contributed by atoms with Crippen molar-refractivity contribution in [2.75, 3.05) is 0 Å². The molecule has 0 radical (unpaired) electrons. The number of nitriles is 1. The Kier molecular flexibility index (Phi) is 4.44. The molecule has 0 saturated heterocycles. The molecule has 2 aromatic rings. The van der Waals surface area contributed by atoms with E-state index >= 15 is 0 Å². The second kappa shape index (κ2) is 6.27. The first-order valence-corrected chi connectivity index (χ1v) is 6.27. The zero-order valence-electron chi connectivity index (χ0n) is 11.0. The van der Waals surface area contributed by atoms with Gasteiger partial charge in [0, 0.05) is 12.6 Å². The van der Waals surface area contributed by atoms with Gasteiger partial charge in [0.05, 0.1) is 11.6 Å². The van der Waals surface area contributed by atoms with Gasteiger partial charge in [-0.15, -0.1) is 0 Å². The largest absolute Gasteiger partial charge is 0.306 e. The fraction of sp³-hybridized carbons (Fsp3) is 0.188. The lowest BCUT2D eigenvalue weighted by molar-refractivity contribution is 0.560. The van der Waals surface area contributed by atoms with Crippen molar-refractivity contribution < 1.29 is 8.78 Å². The maximum Gasteiger partial charge on any atom is 0.123 e. The van der Waals surface area contributed by atoms with Gasteiger partial charge in [-0.05, 0) is 48.4 Å². The van der Waals surface area contributed by atoms with E-state index in [9.17, 15) is 8.78 Å². The molecule has 2 nitrogen and oxygen atoms in total. The third-order valence-corrected chi connectivity index (χ3v) is 3.14. The average Bonchev–Trinajstić information content (AvgIpc) is 2.45. The van der Waals surface area contributed by atoms with Crippen LogP contribution in [0.1, 0.15) is 29.7 Å². The van der Waals surface area contributed by atoms with Crippen molar-refractivity contribution in [3.63, 3.8) is 0 Å². The van der Waals surface area contributed by atoms with Gasteiger partial charge >= 0.3 is 0 Å². The summed E-state index contributed by atoms with van der Waals surface area (Å²) in [5.41, 5.74) is 1.83. The molecule has 102 valence electrons. The predicted molar refractivity (Wildman–Crippen MR) is 72.8 cm³/mol. The van der Waals surface area contributed by atoms with Gasteiger partial charge in [-0.2, -0.15) is 5.26 Å². The first kappa shape index (κ1) is 14.2. The van der Waals surface area contributed by atoms with E-state index in [0.29, 0.717) is 17.7 Å². The van der Waals surface area contributed by atoms with Crippen LogP contribution in [0.15, 0.2) is 42.5 Å². The van der Waals surface area contributed by atoms with Crippen molar-refractivity contribution in [3.05, 3.63) is 70.8 Å². The molecule has 20 heavy (non-hydrogen) atoms. The molecule has 1 N–H and O–H groups in total. The number of hydrogen-bond donors (Lipinski definition) is 1. The van der Waals surface area contributed by atoms with Crippen LogP contribution < -0.4 is 5.32 Å². The summed E-state index contributed by atoms with van der Waals surface area (Å²) < 4.78 is 26.3. The Hall–Kier alpha value is -2.25. The van der Waals surface area contributed by atoms with E-state index in [2.05, 4.69) is 5.32 Å². The molecular formula is C16H14F2N2. The lowest BCUT2D eigenvalue weighted by Gasteiger charge is -2.15. The summed E-state index contributed by atoms with van der Waals surface area (Å²) in [6, 6.07) is 12.3. The fourth-order valence-corrected chi connectivity index (χ4v) is 1.97. The summed E-state index contributed by atoms with van der Waals surface area (Å²) in [5.74, 6) is -0.668. The first-order valence-electron chi connectivity index (χ1n) is 6.27. The summed E-state index contributed by atoms with van der Waals surface area (Å²) in [6.45, 7) is 2.23. The van der Waals surface area contributed by atoms with Gasteiger partial charge in [0.25, 0.3) is 0 Å². The van der Waals surface area contributed by atoms with Crippen LogP contribution in [0, 0.1) is 23.0 Å². The maximum absolute atomic E-state index is 13.2. The quantitative estimate of drug-likeness (QED) is 0.921. The van der Waals surface area contributed by atoms with E-state index in [1.165, 1.54) is 30.3 Å². The Bertz CT molecular complexity index is 647. The van der Waals surface area contributed by atoms with Crippen molar-refractivity contribution >= 4 is 0 Å². The summed E-state index contributed by atoms with van der Waals surface area (Å²) in [7, 11) is 0. The van der Waals surface area contributed by atoms with E-state index < -0.39 is 0 Å². The van der Waals surface area contributed by atoms with Crippen LogP contribution in [0.4, 0.5) is 8.78 Å². The maximum atomic E-state index is 13.2. The van der Waals surface area contributed by atoms with Gasteiger partial charge in [0.1, 0.15) is 11.6 Å². The molecule has 0 heterocycles. The predicted octanol–water partition coefficient (Wildman–Crippen LogP) is 3.69. The highest BCUT2D eigenvalue weighted by Crippen LogP contribution is 2.16. The molecule has 2 rings (SSSR count). The third kappa shape index (κ3) is 3.40. The van der Waals surface area contributed by atoms with Crippen molar-refractivity contribution in [1.29, 1.82) is 5.26 Å². The van der Waals surface area contributed by atoms with Gasteiger partial charge in [0.2, 0.25) is 0 Å². The van der Waals surface area contributed by atoms with Crippen LogP contribution in [0.5, 0.6) is 0 Å². The highest BCUT2D eigenvalue weighted by molar-refractivity contribution is 5.37. The minimum Gasteiger partial charge on any atom is -0.306 e. The fourth-order valence-electron chi connectivity index (χ4n) is 1.97. The van der Waals surface area contributed by atoms with Gasteiger partial charge in [-0.3, -0.25) is 0 Å². The Labute approximate surface area is 116 Å². The minimum absolute atomic E-state index is 0.0967. The molecule has 0 unspecified atom stereocenters. The molecule has 0 aliphatic heterocycles. The van der Waals surface area contributed by atoms with Gasteiger partial charge in [0.15, 0.2) is 0 Å². The number of hydrogen-bond acceptors (Lipinski definition) is 2. The summed E-state index contributed by atoms with van der Waals surface area (Å²) in [4.78, 5) is 0. The minimum atomic E-state index is -0.376. The van der Waals surface area contributed by atoms with Gasteiger partial charge < -0.3 is 5.32 Å². The van der Waals surface area contributed by atoms with E-state index in [4.69, 9.17) is 5.26 Å². The Morgan fingerprint density at radius 1 is 1.15 bits per heavy atom. The van der Waals surface area contributed by atoms with E-state index in [-0.39, 0.29) is 17.7 Å². The molecular weight excluding hydrogens is 258 g/mol. The van der Waals surface area contributed by atoms with E-state index in [1.54, 1.807) is 6.07 Å². The zero-order chi connectivity index (χ0) is 14.5. The molecule has 0 amide bonds. The summed E-state index contributed by atoms with van der Waals surface area (Å²) in [6.07, 6.45) is 0. The molecule has 2 aromatic carbocycles. The van der Waals surface area contributed by atoms with Gasteiger partial charge in [-0.1, -0.05) is 12.1 Å². The molecule has 0 saturated carbocycles. The van der Waals surface area contributed by atoms with E-state index in [0.717, 1.165) is 5.56 Å². The number of nitrogens with zero attached hydrogens (tertiary/aromatic N) is 1. The van der Waals surface area contributed by atoms with Crippen LogP contribution in [-0.4, -0.2) is 0 Å². The monoisotopic (exact) mass is 272 g/mol. The van der Waals surface area contributed by atoms with Crippen LogP contribution >= 0.6 is 0 Å². The van der Waals surface area contributed by atoms with Gasteiger partial charge in [-0.25, -0.2) is 8.78 Å². The van der Waals surface area contributed by atoms with E-state index in [1.807, 2.05) is 19.1 Å². The van der Waals surface area contributed by atoms with Crippen molar-refractivity contribution in [2.24, 2.45) is 0 Å². The topological polar surface area (TPSA) is 35.8 Å². The lowest BCUT2D eigenvalue weighted by Crippen LogP contribution is -2.19. The van der Waals surface area contributed by atoms with Crippen molar-refractivity contribution in [3.8, 4) is 6.07 Å². The Balaban J connectivity index is 2.09. The molecule has 0 fully saturated rings. The van der Waals surface area contributed by atoms with Crippen molar-refractivity contribution in [2.45, 2.75) is 19.5 Å². The highest BCUT2D eigenvalue weighted by Gasteiger charge is 2.08. The summed E-state index contributed by atoms with van der Waals surface area (Å²) in [5, 5.41) is 12.1. The molecule has 0 bridgehead atoms. The normalized spacial score (nSPS) is 11.9. The van der Waals surface area contributed by atoms with Crippen LogP contribution in [0.2, 0.25) is 0 Å². The second-order valence-electron chi connectivity index (χ2n) is 4.57. The highest BCUT2D eigenvalue weighted by atomic mass is 19.1. The number of benzene rings is 2. The van der Waals surface area contributed by atoms with Crippen LogP contribution in [0.25, 0.3) is 0 Å². The molecule has 0 spiro atoms. The Morgan fingerprint density at radius 2 is 1.90 bits per heavy atom. The standard InChI is InChI=1S/C16H14F2N2/c1-11(12-3-2-4-15(17)7-12)20-10-14-8-16(18)6-5-13(14)9-19/h2-8,11,20H,10H2,1H3/t11-/m1/s1. The number of nitrogens with one attached hydrogen (secondary N) is 1. The van der Waals surface area contributed by atoms with Crippen LogP contribution in [0.3, 0.4) is 0 Å². The SMILES string of the molecule is C[C@@H](NCc1cc(F)ccc1C#N)c1cccc(F)c1.